The minimum Gasteiger partial charge on any atom is -0.480 e. The van der Waals surface area contributed by atoms with Crippen molar-refractivity contribution in [2.24, 2.45) is 5.73 Å². The van der Waals surface area contributed by atoms with Crippen LogP contribution in [0.15, 0.2) is 12.7 Å². The molecule has 0 aliphatic heterocycles. The predicted octanol–water partition coefficient (Wildman–Crippen LogP) is -0.909. The summed E-state index contributed by atoms with van der Waals surface area (Å²) in [5.41, 5.74) is 5.34. The largest absolute Gasteiger partial charge is 0.480 e. The highest BCUT2D eigenvalue weighted by Gasteiger charge is 2.11. The highest BCUT2D eigenvalue weighted by atomic mass is 16.4. The van der Waals surface area contributed by atoms with Crippen molar-refractivity contribution in [3.05, 3.63) is 12.7 Å². The number of aliphatic carboxylic acids is 1. The van der Waals surface area contributed by atoms with Crippen molar-refractivity contribution in [3.63, 3.8) is 0 Å². The van der Waals surface area contributed by atoms with Crippen LogP contribution in [0, 0.1) is 0 Å². The van der Waals surface area contributed by atoms with Crippen LogP contribution < -0.4 is 11.1 Å². The van der Waals surface area contributed by atoms with Gasteiger partial charge < -0.3 is 16.2 Å². The Labute approximate surface area is 70.2 Å². The first kappa shape index (κ1) is 10.6. The summed E-state index contributed by atoms with van der Waals surface area (Å²) in [6, 6.07) is -0.707. The average molecular weight is 172 g/mol. The second-order valence-corrected chi connectivity index (χ2v) is 2.24. The summed E-state index contributed by atoms with van der Waals surface area (Å²) < 4.78 is 0. The van der Waals surface area contributed by atoms with Crippen LogP contribution in [0.5, 0.6) is 0 Å². The maximum Gasteiger partial charge on any atom is 0.322 e. The quantitative estimate of drug-likeness (QED) is 0.468. The molecule has 0 aromatic rings. The molecule has 0 saturated heterocycles. The molecule has 12 heavy (non-hydrogen) atoms. The fraction of sp³-hybridized carbons (Fsp3) is 0.429. The first-order valence-electron chi connectivity index (χ1n) is 3.44. The molecule has 4 N–H and O–H groups in total. The highest BCUT2D eigenvalue weighted by Crippen LogP contribution is 1.87. The second kappa shape index (κ2) is 5.31. The zero-order valence-electron chi connectivity index (χ0n) is 6.62. The minimum absolute atomic E-state index is 0.339. The first-order valence-corrected chi connectivity index (χ1v) is 3.44. The van der Waals surface area contributed by atoms with Crippen LogP contribution >= 0.6 is 0 Å². The zero-order chi connectivity index (χ0) is 9.56. The lowest BCUT2D eigenvalue weighted by Gasteiger charge is -2.07. The van der Waals surface area contributed by atoms with Gasteiger partial charge in [0.1, 0.15) is 6.54 Å². The highest BCUT2D eigenvalue weighted by molar-refractivity contribution is 5.85. The number of hydrogen-bond acceptors (Lipinski definition) is 3. The second-order valence-electron chi connectivity index (χ2n) is 2.24. The number of nitrogens with two attached hydrogens (primary N) is 1. The van der Waals surface area contributed by atoms with Crippen molar-refractivity contribution in [3.8, 4) is 0 Å². The van der Waals surface area contributed by atoms with E-state index in [-0.39, 0.29) is 0 Å². The van der Waals surface area contributed by atoms with Crippen LogP contribution in [-0.2, 0) is 9.59 Å². The third-order valence-electron chi connectivity index (χ3n) is 1.17. The summed E-state index contributed by atoms with van der Waals surface area (Å²) in [7, 11) is 0. The molecular formula is C7H12N2O3. The third-order valence-corrected chi connectivity index (χ3v) is 1.17. The van der Waals surface area contributed by atoms with Crippen LogP contribution in [0.4, 0.5) is 0 Å². The van der Waals surface area contributed by atoms with E-state index in [2.05, 4.69) is 11.9 Å². The van der Waals surface area contributed by atoms with E-state index in [0.29, 0.717) is 6.42 Å². The van der Waals surface area contributed by atoms with E-state index in [1.165, 1.54) is 6.08 Å². The van der Waals surface area contributed by atoms with Crippen molar-refractivity contribution in [2.75, 3.05) is 6.54 Å². The van der Waals surface area contributed by atoms with E-state index in [0.717, 1.165) is 0 Å². The van der Waals surface area contributed by atoms with Crippen LogP contribution in [0.25, 0.3) is 0 Å². The maximum atomic E-state index is 10.9. The van der Waals surface area contributed by atoms with E-state index in [1.807, 2.05) is 0 Å². The molecule has 0 aromatic carbocycles. The molecule has 0 bridgehead atoms. The number of hydrogen-bond donors (Lipinski definition) is 3. The summed E-state index contributed by atoms with van der Waals surface area (Å²) in [5.74, 6) is -1.56. The monoisotopic (exact) mass is 172 g/mol. The Bertz CT molecular complexity index is 191. The third kappa shape index (κ3) is 4.45. The Morgan fingerprint density at radius 3 is 2.67 bits per heavy atom. The molecule has 0 aliphatic carbocycles. The molecule has 1 atom stereocenters. The van der Waals surface area contributed by atoms with E-state index in [4.69, 9.17) is 10.8 Å². The van der Waals surface area contributed by atoms with Gasteiger partial charge in [0.05, 0.1) is 6.04 Å². The Hall–Kier alpha value is -1.36. The van der Waals surface area contributed by atoms with Gasteiger partial charge in [0.25, 0.3) is 0 Å². The van der Waals surface area contributed by atoms with Gasteiger partial charge in [-0.3, -0.25) is 9.59 Å². The number of nitrogens with one attached hydrogen (secondary N) is 1. The summed E-state index contributed by atoms with van der Waals surface area (Å²) in [4.78, 5) is 20.9. The van der Waals surface area contributed by atoms with Crippen LogP contribution in [0.1, 0.15) is 6.42 Å². The number of carboxylic acid groups (broad SMARTS) is 1. The number of carboxylic acids is 1. The molecule has 5 heteroatoms. The van der Waals surface area contributed by atoms with Crippen molar-refractivity contribution < 1.29 is 14.7 Å². The lowest BCUT2D eigenvalue weighted by Crippen LogP contribution is -2.42. The average Bonchev–Trinajstić information content (AvgIpc) is 2.00. The number of carbonyl (C=O) groups is 2. The molecule has 1 unspecified atom stereocenters. The molecule has 1 amide bonds. The normalized spacial score (nSPS) is 11.8. The molecule has 5 nitrogen and oxygen atoms in total. The van der Waals surface area contributed by atoms with E-state index in [9.17, 15) is 9.59 Å². The fourth-order valence-corrected chi connectivity index (χ4v) is 0.580. The van der Waals surface area contributed by atoms with E-state index < -0.39 is 24.5 Å². The fourth-order valence-electron chi connectivity index (χ4n) is 0.580. The molecule has 0 aliphatic rings. The lowest BCUT2D eigenvalue weighted by molar-refractivity contribution is -0.138. The van der Waals surface area contributed by atoms with Gasteiger partial charge in [-0.25, -0.2) is 0 Å². The number of carbonyl (C=O) groups excluding carboxylic acids is 1. The van der Waals surface area contributed by atoms with Crippen molar-refractivity contribution in [2.45, 2.75) is 12.5 Å². The molecule has 0 aromatic heterocycles. The first-order chi connectivity index (χ1) is 5.57. The van der Waals surface area contributed by atoms with Crippen LogP contribution in [0.2, 0.25) is 0 Å². The summed E-state index contributed by atoms with van der Waals surface area (Å²) in [6.45, 7) is 3.00. The van der Waals surface area contributed by atoms with Crippen molar-refractivity contribution in [1.29, 1.82) is 0 Å². The molecular weight excluding hydrogens is 160 g/mol. The lowest BCUT2D eigenvalue weighted by atomic mass is 10.2. The van der Waals surface area contributed by atoms with Crippen molar-refractivity contribution >= 4 is 11.9 Å². The minimum atomic E-state index is -1.09. The van der Waals surface area contributed by atoms with Gasteiger partial charge in [0, 0.05) is 0 Å². The topological polar surface area (TPSA) is 92.4 Å². The molecule has 0 heterocycles. The molecule has 0 rings (SSSR count). The molecule has 0 spiro atoms. The number of amides is 1. The Morgan fingerprint density at radius 1 is 1.67 bits per heavy atom. The van der Waals surface area contributed by atoms with Gasteiger partial charge in [0.2, 0.25) is 5.91 Å². The van der Waals surface area contributed by atoms with Gasteiger partial charge in [-0.15, -0.1) is 6.58 Å². The van der Waals surface area contributed by atoms with Crippen molar-refractivity contribution in [1.82, 2.24) is 5.32 Å². The molecule has 0 saturated carbocycles. The standard InChI is InChI=1S/C7H12N2O3/c1-2-3-5(8)7(12)9-4-6(10)11/h2,5H,1,3-4,8H2,(H,9,12)(H,10,11). The Kier molecular flexibility index (Phi) is 4.71. The van der Waals surface area contributed by atoms with Gasteiger partial charge in [-0.1, -0.05) is 6.08 Å². The molecule has 68 valence electrons. The predicted molar refractivity (Wildman–Crippen MR) is 43.4 cm³/mol. The SMILES string of the molecule is C=CCC(N)C(=O)NCC(=O)O. The van der Waals surface area contributed by atoms with E-state index in [1.54, 1.807) is 0 Å². The molecule has 0 radical (unpaired) electrons. The van der Waals surface area contributed by atoms with Crippen LogP contribution in [0.3, 0.4) is 0 Å². The Morgan fingerprint density at radius 2 is 2.25 bits per heavy atom. The van der Waals surface area contributed by atoms with Gasteiger partial charge >= 0.3 is 5.97 Å². The van der Waals surface area contributed by atoms with Gasteiger partial charge in [-0.2, -0.15) is 0 Å². The molecule has 0 fully saturated rings. The van der Waals surface area contributed by atoms with Gasteiger partial charge in [0.15, 0.2) is 0 Å². The number of rotatable bonds is 5. The van der Waals surface area contributed by atoms with Gasteiger partial charge in [-0.05, 0) is 6.42 Å². The van der Waals surface area contributed by atoms with E-state index >= 15 is 0 Å². The Balaban J connectivity index is 3.71. The zero-order valence-corrected chi connectivity index (χ0v) is 6.62. The summed E-state index contributed by atoms with van der Waals surface area (Å²) >= 11 is 0. The summed E-state index contributed by atoms with van der Waals surface area (Å²) in [5, 5.41) is 10.4. The summed E-state index contributed by atoms with van der Waals surface area (Å²) in [6.07, 6.45) is 1.84. The maximum absolute atomic E-state index is 10.9. The van der Waals surface area contributed by atoms with Crippen LogP contribution in [-0.4, -0.2) is 29.6 Å². The smallest absolute Gasteiger partial charge is 0.322 e.